The summed E-state index contributed by atoms with van der Waals surface area (Å²) < 4.78 is 16.5. The van der Waals surface area contributed by atoms with Crippen LogP contribution in [0.2, 0.25) is 0 Å². The molecule has 0 saturated carbocycles. The first-order valence-electron chi connectivity index (χ1n) is 8.44. The van der Waals surface area contributed by atoms with Crippen LogP contribution in [0.4, 0.5) is 0 Å². The molecule has 1 heterocycles. The Hall–Kier alpha value is -2.86. The molecule has 0 aromatic heterocycles. The predicted molar refractivity (Wildman–Crippen MR) is 95.6 cm³/mol. The molecule has 0 aliphatic carbocycles. The molecule has 1 saturated heterocycles. The van der Waals surface area contributed by atoms with Crippen LogP contribution in [0.1, 0.15) is 22.0 Å². The number of carbonyl (C=O) groups excluding carboxylic acids is 2. The van der Waals surface area contributed by atoms with E-state index in [1.807, 2.05) is 30.3 Å². The van der Waals surface area contributed by atoms with E-state index < -0.39 is 6.10 Å². The van der Waals surface area contributed by atoms with Gasteiger partial charge in [-0.2, -0.15) is 0 Å². The Morgan fingerprint density at radius 2 is 1.88 bits per heavy atom. The quantitative estimate of drug-likeness (QED) is 0.745. The number of nitrogens with zero attached hydrogens (tertiary/aromatic N) is 1. The van der Waals surface area contributed by atoms with E-state index in [1.165, 1.54) is 7.11 Å². The van der Waals surface area contributed by atoms with E-state index in [4.69, 9.17) is 14.2 Å². The Kier molecular flexibility index (Phi) is 5.86. The van der Waals surface area contributed by atoms with Gasteiger partial charge in [0.15, 0.2) is 6.29 Å². The highest BCUT2D eigenvalue weighted by atomic mass is 16.5. The van der Waals surface area contributed by atoms with E-state index in [9.17, 15) is 9.59 Å². The Morgan fingerprint density at radius 1 is 1.15 bits per heavy atom. The maximum absolute atomic E-state index is 13.1. The molecule has 3 rings (SSSR count). The molecule has 26 heavy (non-hydrogen) atoms. The molecule has 0 N–H and O–H groups in total. The fourth-order valence-electron chi connectivity index (χ4n) is 2.82. The molecule has 0 bridgehead atoms. The number of rotatable bonds is 6. The van der Waals surface area contributed by atoms with Crippen LogP contribution in [-0.2, 0) is 9.53 Å². The Bertz CT molecular complexity index is 756. The van der Waals surface area contributed by atoms with Crippen LogP contribution in [0, 0.1) is 0 Å². The Labute approximate surface area is 152 Å². The van der Waals surface area contributed by atoms with Crippen molar-refractivity contribution < 1.29 is 23.8 Å². The first-order valence-corrected chi connectivity index (χ1v) is 8.44. The van der Waals surface area contributed by atoms with Crippen molar-refractivity contribution in [3.05, 3.63) is 59.7 Å². The molecule has 1 aliphatic rings. The summed E-state index contributed by atoms with van der Waals surface area (Å²) in [4.78, 5) is 26.2. The fourth-order valence-corrected chi connectivity index (χ4v) is 2.82. The molecule has 2 aromatic rings. The van der Waals surface area contributed by atoms with Gasteiger partial charge in [-0.25, -0.2) is 0 Å². The second-order valence-corrected chi connectivity index (χ2v) is 5.87. The van der Waals surface area contributed by atoms with Gasteiger partial charge in [0.1, 0.15) is 11.5 Å². The normalized spacial score (nSPS) is 15.2. The molecule has 6 nitrogen and oxygen atoms in total. The summed E-state index contributed by atoms with van der Waals surface area (Å²) in [5.74, 6) is 0.749. The molecule has 0 unspecified atom stereocenters. The highest BCUT2D eigenvalue weighted by molar-refractivity contribution is 5.84. The maximum Gasteiger partial charge on any atom is 0.268 e. The summed E-state index contributed by atoms with van der Waals surface area (Å²) in [5, 5.41) is 0. The van der Waals surface area contributed by atoms with Crippen LogP contribution in [0.15, 0.2) is 48.5 Å². The van der Waals surface area contributed by atoms with Crippen molar-refractivity contribution in [1.29, 1.82) is 0 Å². The molecule has 1 fully saturated rings. The topological polar surface area (TPSA) is 65.1 Å². The monoisotopic (exact) mass is 355 g/mol. The first kappa shape index (κ1) is 17.9. The van der Waals surface area contributed by atoms with Crippen LogP contribution in [0.5, 0.6) is 11.5 Å². The van der Waals surface area contributed by atoms with Crippen LogP contribution in [0.3, 0.4) is 0 Å². The van der Waals surface area contributed by atoms with Gasteiger partial charge >= 0.3 is 0 Å². The van der Waals surface area contributed by atoms with Gasteiger partial charge in [-0.05, 0) is 18.2 Å². The molecular weight excluding hydrogens is 334 g/mol. The van der Waals surface area contributed by atoms with E-state index >= 15 is 0 Å². The zero-order chi connectivity index (χ0) is 18.4. The summed E-state index contributed by atoms with van der Waals surface area (Å²) in [6.45, 7) is 2.06. The van der Waals surface area contributed by atoms with E-state index in [0.29, 0.717) is 49.7 Å². The number of ether oxygens (including phenoxy) is 3. The standard InChI is InChI=1S/C20H21NO5/c1-24-17-7-8-18(16(13-17)14-22)26-19(15-5-3-2-4-6-15)20(23)21-9-11-25-12-10-21/h2-8,13-14,19H,9-12H2,1H3/t19-/m0/s1. The second kappa shape index (κ2) is 8.49. The molecule has 1 amide bonds. The van der Waals surface area contributed by atoms with Crippen molar-refractivity contribution in [1.82, 2.24) is 4.90 Å². The maximum atomic E-state index is 13.1. The lowest BCUT2D eigenvalue weighted by Crippen LogP contribution is -2.44. The van der Waals surface area contributed by atoms with Crippen LogP contribution in [-0.4, -0.2) is 50.5 Å². The van der Waals surface area contributed by atoms with Gasteiger partial charge in [0, 0.05) is 18.7 Å². The largest absolute Gasteiger partial charge is 0.497 e. The van der Waals surface area contributed by atoms with Crippen molar-refractivity contribution in [3.63, 3.8) is 0 Å². The average molecular weight is 355 g/mol. The van der Waals surface area contributed by atoms with Gasteiger partial charge in [0.2, 0.25) is 6.10 Å². The zero-order valence-corrected chi connectivity index (χ0v) is 14.6. The van der Waals surface area contributed by atoms with E-state index in [1.54, 1.807) is 23.1 Å². The van der Waals surface area contributed by atoms with E-state index in [2.05, 4.69) is 0 Å². The number of morpholine rings is 1. The van der Waals surface area contributed by atoms with Crippen molar-refractivity contribution >= 4 is 12.2 Å². The number of amides is 1. The summed E-state index contributed by atoms with van der Waals surface area (Å²) in [6, 6.07) is 14.2. The van der Waals surface area contributed by atoms with Gasteiger partial charge in [0.25, 0.3) is 5.91 Å². The van der Waals surface area contributed by atoms with E-state index in [0.717, 1.165) is 5.56 Å². The molecular formula is C20H21NO5. The SMILES string of the molecule is COc1ccc(O[C@H](C(=O)N2CCOCC2)c2ccccc2)c(C=O)c1. The zero-order valence-electron chi connectivity index (χ0n) is 14.6. The third kappa shape index (κ3) is 4.03. The van der Waals surface area contributed by atoms with Gasteiger partial charge < -0.3 is 19.1 Å². The van der Waals surface area contributed by atoms with Crippen molar-refractivity contribution in [3.8, 4) is 11.5 Å². The number of benzene rings is 2. The second-order valence-electron chi connectivity index (χ2n) is 5.87. The molecule has 0 spiro atoms. The van der Waals surface area contributed by atoms with Gasteiger partial charge in [-0.15, -0.1) is 0 Å². The highest BCUT2D eigenvalue weighted by Gasteiger charge is 2.29. The third-order valence-corrected chi connectivity index (χ3v) is 4.24. The third-order valence-electron chi connectivity index (χ3n) is 4.24. The Morgan fingerprint density at radius 3 is 2.54 bits per heavy atom. The predicted octanol–water partition coefficient (Wildman–Crippen LogP) is 2.49. The van der Waals surface area contributed by atoms with Crippen molar-refractivity contribution in [2.75, 3.05) is 33.4 Å². The molecule has 136 valence electrons. The molecule has 2 aromatic carbocycles. The van der Waals surface area contributed by atoms with Gasteiger partial charge in [0.05, 0.1) is 25.9 Å². The molecule has 0 radical (unpaired) electrons. The van der Waals surface area contributed by atoms with Crippen molar-refractivity contribution in [2.45, 2.75) is 6.10 Å². The summed E-state index contributed by atoms with van der Waals surface area (Å²) >= 11 is 0. The number of aldehydes is 1. The minimum atomic E-state index is -0.832. The Balaban J connectivity index is 1.91. The minimum Gasteiger partial charge on any atom is -0.497 e. The first-order chi connectivity index (χ1) is 12.7. The summed E-state index contributed by atoms with van der Waals surface area (Å²) in [7, 11) is 1.53. The summed E-state index contributed by atoms with van der Waals surface area (Å²) in [6.07, 6.45) is -0.138. The number of methoxy groups -OCH3 is 1. The number of hydrogen-bond acceptors (Lipinski definition) is 5. The molecule has 1 aliphatic heterocycles. The van der Waals surface area contributed by atoms with Crippen LogP contribution < -0.4 is 9.47 Å². The van der Waals surface area contributed by atoms with Crippen molar-refractivity contribution in [2.24, 2.45) is 0 Å². The number of hydrogen-bond donors (Lipinski definition) is 0. The fraction of sp³-hybridized carbons (Fsp3) is 0.300. The lowest BCUT2D eigenvalue weighted by molar-refractivity contribution is -0.143. The van der Waals surface area contributed by atoms with Crippen LogP contribution >= 0.6 is 0 Å². The molecule has 6 heteroatoms. The number of carbonyl (C=O) groups is 2. The van der Waals surface area contributed by atoms with Gasteiger partial charge in [-0.1, -0.05) is 30.3 Å². The lowest BCUT2D eigenvalue weighted by Gasteiger charge is -2.31. The van der Waals surface area contributed by atoms with E-state index in [-0.39, 0.29) is 5.91 Å². The summed E-state index contributed by atoms with van der Waals surface area (Å²) in [5.41, 5.74) is 1.07. The van der Waals surface area contributed by atoms with Gasteiger partial charge in [-0.3, -0.25) is 9.59 Å². The minimum absolute atomic E-state index is 0.146. The molecule has 1 atom stereocenters. The lowest BCUT2D eigenvalue weighted by atomic mass is 10.1. The smallest absolute Gasteiger partial charge is 0.268 e. The average Bonchev–Trinajstić information content (AvgIpc) is 2.72. The van der Waals surface area contributed by atoms with Crippen LogP contribution in [0.25, 0.3) is 0 Å². The highest BCUT2D eigenvalue weighted by Crippen LogP contribution is 2.29.